The van der Waals surface area contributed by atoms with Gasteiger partial charge in [-0.3, -0.25) is 9.69 Å². The van der Waals surface area contributed by atoms with E-state index in [-0.39, 0.29) is 0 Å². The van der Waals surface area contributed by atoms with Crippen LogP contribution in [0.15, 0.2) is 30.5 Å². The third-order valence-corrected chi connectivity index (χ3v) is 2.63. The lowest BCUT2D eigenvalue weighted by atomic mass is 10.0. The summed E-state index contributed by atoms with van der Waals surface area (Å²) in [5.41, 5.74) is 1.97. The Bertz CT molecular complexity index is 414. The van der Waals surface area contributed by atoms with Crippen molar-refractivity contribution in [1.82, 2.24) is 4.90 Å². The Labute approximate surface area is 91.7 Å². The van der Waals surface area contributed by atoms with Gasteiger partial charge in [0.05, 0.1) is 11.6 Å². The molecule has 1 aromatic rings. The van der Waals surface area contributed by atoms with Crippen LogP contribution in [0.1, 0.15) is 11.1 Å². The van der Waals surface area contributed by atoms with Crippen LogP contribution in [-0.4, -0.2) is 10.3 Å². The fraction of sp³-hybridized carbons (Fsp3) is 0.100. The van der Waals surface area contributed by atoms with Crippen LogP contribution >= 0.6 is 23.2 Å². The molecule has 1 amide bonds. The monoisotopic (exact) mass is 227 g/mol. The highest BCUT2D eigenvalue weighted by Gasteiger charge is 2.18. The molecule has 0 saturated carbocycles. The van der Waals surface area contributed by atoms with E-state index >= 15 is 0 Å². The number of halogens is 2. The first-order chi connectivity index (χ1) is 6.68. The molecule has 0 aromatic heterocycles. The largest absolute Gasteiger partial charge is 0.320 e. The second-order valence-electron chi connectivity index (χ2n) is 3.02. The highest BCUT2D eigenvalue weighted by Crippen LogP contribution is 2.29. The van der Waals surface area contributed by atoms with Crippen molar-refractivity contribution in [3.05, 3.63) is 41.6 Å². The Morgan fingerprint density at radius 1 is 1.36 bits per heavy atom. The lowest BCUT2D eigenvalue weighted by molar-refractivity contribution is 0.236. The van der Waals surface area contributed by atoms with Crippen molar-refractivity contribution >= 4 is 33.6 Å². The first-order valence-corrected chi connectivity index (χ1v) is 4.86. The van der Waals surface area contributed by atoms with Gasteiger partial charge in [-0.25, -0.2) is 0 Å². The van der Waals surface area contributed by atoms with E-state index in [1.54, 1.807) is 6.20 Å². The molecule has 1 aliphatic rings. The zero-order valence-electron chi connectivity index (χ0n) is 7.21. The number of hydrogen-bond donors (Lipinski definition) is 0. The van der Waals surface area contributed by atoms with Gasteiger partial charge in [0.15, 0.2) is 0 Å². The van der Waals surface area contributed by atoms with Crippen molar-refractivity contribution in [2.24, 2.45) is 0 Å². The van der Waals surface area contributed by atoms with Crippen molar-refractivity contribution in [1.29, 1.82) is 0 Å². The lowest BCUT2D eigenvalue weighted by Crippen LogP contribution is -2.23. The van der Waals surface area contributed by atoms with E-state index in [0.717, 1.165) is 11.1 Å². The van der Waals surface area contributed by atoms with Crippen molar-refractivity contribution in [3.8, 4) is 0 Å². The summed E-state index contributed by atoms with van der Waals surface area (Å²) < 4.78 is 0. The predicted molar refractivity (Wildman–Crippen MR) is 57.1 cm³/mol. The molecular formula is C10H7Cl2NO. The maximum absolute atomic E-state index is 10.9. The van der Waals surface area contributed by atoms with Crippen LogP contribution in [0.4, 0.5) is 4.79 Å². The van der Waals surface area contributed by atoms with Crippen molar-refractivity contribution < 1.29 is 4.79 Å². The molecule has 1 aliphatic heterocycles. The molecule has 72 valence electrons. The fourth-order valence-electron chi connectivity index (χ4n) is 1.44. The Morgan fingerprint density at radius 2 is 2.07 bits per heavy atom. The van der Waals surface area contributed by atoms with Crippen LogP contribution in [-0.2, 0) is 6.54 Å². The van der Waals surface area contributed by atoms with Gasteiger partial charge in [-0.15, -0.1) is 0 Å². The van der Waals surface area contributed by atoms with E-state index in [0.29, 0.717) is 11.6 Å². The maximum Gasteiger partial charge on any atom is 0.320 e. The molecule has 2 nitrogen and oxygen atoms in total. The topological polar surface area (TPSA) is 20.3 Å². The fourth-order valence-corrected chi connectivity index (χ4v) is 1.85. The average Bonchev–Trinajstić information content (AvgIpc) is 2.17. The maximum atomic E-state index is 10.9. The molecule has 0 saturated heterocycles. The minimum atomic E-state index is -0.516. The molecule has 0 N–H and O–H groups in total. The van der Waals surface area contributed by atoms with Gasteiger partial charge in [0.2, 0.25) is 0 Å². The molecule has 0 atom stereocenters. The van der Waals surface area contributed by atoms with Gasteiger partial charge in [-0.1, -0.05) is 35.9 Å². The third-order valence-electron chi connectivity index (χ3n) is 2.11. The first kappa shape index (κ1) is 9.56. The summed E-state index contributed by atoms with van der Waals surface area (Å²) in [5, 5.41) is 0.0264. The van der Waals surface area contributed by atoms with E-state index in [4.69, 9.17) is 23.2 Å². The van der Waals surface area contributed by atoms with Gasteiger partial charge in [-0.05, 0) is 22.7 Å². The molecule has 0 radical (unpaired) electrons. The van der Waals surface area contributed by atoms with Crippen LogP contribution in [0.2, 0.25) is 0 Å². The van der Waals surface area contributed by atoms with Crippen LogP contribution in [0, 0.1) is 0 Å². The van der Waals surface area contributed by atoms with Crippen LogP contribution in [0.3, 0.4) is 0 Å². The minimum absolute atomic E-state index is 0.481. The Morgan fingerprint density at radius 3 is 2.79 bits per heavy atom. The summed E-state index contributed by atoms with van der Waals surface area (Å²) in [6.07, 6.45) is 1.55. The molecule has 0 fully saturated rings. The normalized spacial score (nSPS) is 14.7. The quantitative estimate of drug-likeness (QED) is 0.492. The van der Waals surface area contributed by atoms with Gasteiger partial charge in [0, 0.05) is 6.20 Å². The SMILES string of the molecule is O=C(Cl)N1C=C(Cl)c2ccccc2C1. The van der Waals surface area contributed by atoms with E-state index in [1.165, 1.54) is 4.90 Å². The lowest BCUT2D eigenvalue weighted by Gasteiger charge is -2.22. The molecule has 1 aromatic carbocycles. The van der Waals surface area contributed by atoms with Crippen molar-refractivity contribution in [2.75, 3.05) is 0 Å². The summed E-state index contributed by atoms with van der Waals surface area (Å²) in [6.45, 7) is 0.481. The second-order valence-corrected chi connectivity index (χ2v) is 3.75. The van der Waals surface area contributed by atoms with E-state index < -0.39 is 5.37 Å². The highest BCUT2D eigenvalue weighted by atomic mass is 35.5. The first-order valence-electron chi connectivity index (χ1n) is 4.10. The van der Waals surface area contributed by atoms with Crippen LogP contribution in [0.5, 0.6) is 0 Å². The number of carbonyl (C=O) groups excluding carboxylic acids is 1. The number of hydrogen-bond acceptors (Lipinski definition) is 1. The summed E-state index contributed by atoms with van der Waals surface area (Å²) in [4.78, 5) is 12.3. The minimum Gasteiger partial charge on any atom is -0.300 e. The van der Waals surface area contributed by atoms with Crippen molar-refractivity contribution in [2.45, 2.75) is 6.54 Å². The molecular weight excluding hydrogens is 221 g/mol. The number of carbonyl (C=O) groups is 1. The number of rotatable bonds is 0. The van der Waals surface area contributed by atoms with Gasteiger partial charge < -0.3 is 0 Å². The standard InChI is InChI=1S/C10H7Cl2NO/c11-9-6-13(10(12)14)5-7-3-1-2-4-8(7)9/h1-4,6H,5H2. The van der Waals surface area contributed by atoms with Gasteiger partial charge in [-0.2, -0.15) is 0 Å². The molecule has 4 heteroatoms. The van der Waals surface area contributed by atoms with E-state index in [1.807, 2.05) is 24.3 Å². The molecule has 0 aliphatic carbocycles. The Balaban J connectivity index is 2.44. The second kappa shape index (κ2) is 3.64. The number of fused-ring (bicyclic) bond motifs is 1. The summed E-state index contributed by atoms with van der Waals surface area (Å²) in [6, 6.07) is 7.67. The molecule has 14 heavy (non-hydrogen) atoms. The van der Waals surface area contributed by atoms with E-state index in [9.17, 15) is 4.79 Å². The van der Waals surface area contributed by atoms with Gasteiger partial charge in [0.1, 0.15) is 0 Å². The third kappa shape index (κ3) is 1.63. The Kier molecular flexibility index (Phi) is 2.48. The zero-order chi connectivity index (χ0) is 10.1. The van der Waals surface area contributed by atoms with Crippen molar-refractivity contribution in [3.63, 3.8) is 0 Å². The smallest absolute Gasteiger partial charge is 0.300 e. The summed E-state index contributed by atoms with van der Waals surface area (Å²) >= 11 is 11.4. The predicted octanol–water partition coefficient (Wildman–Crippen LogP) is 3.40. The molecule has 0 bridgehead atoms. The van der Waals surface area contributed by atoms with Gasteiger partial charge >= 0.3 is 5.37 Å². The zero-order valence-corrected chi connectivity index (χ0v) is 8.72. The van der Waals surface area contributed by atoms with Crippen LogP contribution in [0.25, 0.3) is 5.03 Å². The molecule has 0 unspecified atom stereocenters. The average molecular weight is 228 g/mol. The summed E-state index contributed by atoms with van der Waals surface area (Å²) in [5.74, 6) is 0. The molecule has 1 heterocycles. The summed E-state index contributed by atoms with van der Waals surface area (Å²) in [7, 11) is 0. The van der Waals surface area contributed by atoms with Gasteiger partial charge in [0.25, 0.3) is 0 Å². The van der Waals surface area contributed by atoms with Crippen LogP contribution < -0.4 is 0 Å². The molecule has 0 spiro atoms. The number of nitrogens with zero attached hydrogens (tertiary/aromatic N) is 1. The van der Waals surface area contributed by atoms with E-state index in [2.05, 4.69) is 0 Å². The number of benzene rings is 1. The Hall–Kier alpha value is -0.990. The number of amides is 1. The molecule has 2 rings (SSSR count). The highest BCUT2D eigenvalue weighted by molar-refractivity contribution is 6.63.